The second kappa shape index (κ2) is 10.4. The van der Waals surface area contributed by atoms with E-state index in [0.717, 1.165) is 43.1 Å². The minimum atomic E-state index is -0.442. The van der Waals surface area contributed by atoms with Crippen molar-refractivity contribution >= 4 is 23.0 Å². The Morgan fingerprint density at radius 2 is 1.84 bits per heavy atom. The number of nitro benzene ring substituents is 1. The van der Waals surface area contributed by atoms with Crippen molar-refractivity contribution in [3.05, 3.63) is 63.2 Å². The summed E-state index contributed by atoms with van der Waals surface area (Å²) in [6, 6.07) is 10.3. The van der Waals surface area contributed by atoms with Crippen LogP contribution in [0.4, 0.5) is 17.1 Å². The van der Waals surface area contributed by atoms with Crippen molar-refractivity contribution in [2.45, 2.75) is 40.0 Å². The third-order valence-electron chi connectivity index (χ3n) is 5.93. The van der Waals surface area contributed by atoms with Gasteiger partial charge in [0.15, 0.2) is 0 Å². The van der Waals surface area contributed by atoms with Gasteiger partial charge in [-0.2, -0.15) is 0 Å². The highest BCUT2D eigenvalue weighted by Gasteiger charge is 2.19. The lowest BCUT2D eigenvalue weighted by Gasteiger charge is -2.30. The van der Waals surface area contributed by atoms with Crippen LogP contribution in [0, 0.1) is 29.9 Å². The van der Waals surface area contributed by atoms with E-state index in [1.807, 2.05) is 32.0 Å². The van der Waals surface area contributed by atoms with E-state index in [4.69, 9.17) is 0 Å². The SMILES string of the molecule is Cc1ccc(NC(=O)c2ccc(NCCCN3CCC(C)CC3)c([N+](=O)[O-])c2)c(C)c1. The summed E-state index contributed by atoms with van der Waals surface area (Å²) in [7, 11) is 0. The number of anilines is 2. The van der Waals surface area contributed by atoms with Gasteiger partial charge in [-0.1, -0.05) is 24.6 Å². The quantitative estimate of drug-likeness (QED) is 0.354. The molecule has 0 unspecified atom stereocenters. The molecule has 31 heavy (non-hydrogen) atoms. The molecule has 2 N–H and O–H groups in total. The van der Waals surface area contributed by atoms with Crippen LogP contribution in [-0.4, -0.2) is 41.9 Å². The lowest BCUT2D eigenvalue weighted by atomic mass is 9.99. The summed E-state index contributed by atoms with van der Waals surface area (Å²) in [5, 5.41) is 17.6. The van der Waals surface area contributed by atoms with Gasteiger partial charge in [0, 0.05) is 23.9 Å². The van der Waals surface area contributed by atoms with Gasteiger partial charge in [-0.15, -0.1) is 0 Å². The molecule has 3 rings (SSSR count). The number of amides is 1. The number of carbonyl (C=O) groups excluding carboxylic acids is 1. The summed E-state index contributed by atoms with van der Waals surface area (Å²) < 4.78 is 0. The number of hydrogen-bond donors (Lipinski definition) is 2. The average molecular weight is 425 g/mol. The zero-order chi connectivity index (χ0) is 22.4. The molecule has 0 aromatic heterocycles. The number of nitro groups is 1. The number of piperidine rings is 1. The Labute approximate surface area is 184 Å². The topological polar surface area (TPSA) is 87.5 Å². The molecule has 1 fully saturated rings. The summed E-state index contributed by atoms with van der Waals surface area (Å²) >= 11 is 0. The van der Waals surface area contributed by atoms with Crippen LogP contribution >= 0.6 is 0 Å². The maximum Gasteiger partial charge on any atom is 0.293 e. The fraction of sp³-hybridized carbons (Fsp3) is 0.458. The van der Waals surface area contributed by atoms with Crippen LogP contribution in [0.15, 0.2) is 36.4 Å². The fourth-order valence-corrected chi connectivity index (χ4v) is 3.93. The Balaban J connectivity index is 1.59. The molecule has 0 bridgehead atoms. The first-order valence-electron chi connectivity index (χ1n) is 11.0. The number of rotatable bonds is 8. The van der Waals surface area contributed by atoms with Crippen LogP contribution < -0.4 is 10.6 Å². The second-order valence-corrected chi connectivity index (χ2v) is 8.57. The molecule has 1 heterocycles. The highest BCUT2D eigenvalue weighted by molar-refractivity contribution is 6.05. The van der Waals surface area contributed by atoms with Crippen molar-refractivity contribution < 1.29 is 9.72 Å². The van der Waals surface area contributed by atoms with Crippen LogP contribution in [0.5, 0.6) is 0 Å². The molecule has 1 aliphatic rings. The fourth-order valence-electron chi connectivity index (χ4n) is 3.93. The van der Waals surface area contributed by atoms with Crippen LogP contribution in [-0.2, 0) is 0 Å². The van der Waals surface area contributed by atoms with E-state index >= 15 is 0 Å². The molecular formula is C24H32N4O3. The lowest BCUT2D eigenvalue weighted by molar-refractivity contribution is -0.384. The van der Waals surface area contributed by atoms with Gasteiger partial charge < -0.3 is 15.5 Å². The monoisotopic (exact) mass is 424 g/mol. The van der Waals surface area contributed by atoms with Crippen LogP contribution in [0.25, 0.3) is 0 Å². The number of benzene rings is 2. The Morgan fingerprint density at radius 1 is 1.13 bits per heavy atom. The minimum Gasteiger partial charge on any atom is -0.379 e. The molecule has 2 aromatic rings. The maximum absolute atomic E-state index is 12.6. The third-order valence-corrected chi connectivity index (χ3v) is 5.93. The molecule has 2 aromatic carbocycles. The summed E-state index contributed by atoms with van der Waals surface area (Å²) in [5.74, 6) is 0.448. The zero-order valence-electron chi connectivity index (χ0n) is 18.6. The number of likely N-dealkylation sites (tertiary alicyclic amines) is 1. The van der Waals surface area contributed by atoms with E-state index in [0.29, 0.717) is 17.9 Å². The largest absolute Gasteiger partial charge is 0.379 e. The van der Waals surface area contributed by atoms with Crippen molar-refractivity contribution in [2.24, 2.45) is 5.92 Å². The predicted octanol–water partition coefficient (Wildman–Crippen LogP) is 5.00. The normalized spacial score (nSPS) is 14.9. The van der Waals surface area contributed by atoms with Gasteiger partial charge in [0.1, 0.15) is 5.69 Å². The summed E-state index contributed by atoms with van der Waals surface area (Å²) in [6.07, 6.45) is 3.40. The van der Waals surface area contributed by atoms with Crippen molar-refractivity contribution in [3.63, 3.8) is 0 Å². The molecule has 7 nitrogen and oxygen atoms in total. The smallest absolute Gasteiger partial charge is 0.293 e. The first-order chi connectivity index (χ1) is 14.8. The highest BCUT2D eigenvalue weighted by Crippen LogP contribution is 2.26. The molecule has 166 valence electrons. The molecule has 0 aliphatic carbocycles. The molecule has 0 atom stereocenters. The molecule has 7 heteroatoms. The molecule has 0 saturated carbocycles. The van der Waals surface area contributed by atoms with Gasteiger partial charge >= 0.3 is 0 Å². The van der Waals surface area contributed by atoms with E-state index in [-0.39, 0.29) is 17.2 Å². The van der Waals surface area contributed by atoms with E-state index in [1.54, 1.807) is 12.1 Å². The Hall–Kier alpha value is -2.93. The van der Waals surface area contributed by atoms with Gasteiger partial charge in [-0.25, -0.2) is 0 Å². The van der Waals surface area contributed by atoms with E-state index < -0.39 is 4.92 Å². The van der Waals surface area contributed by atoms with Gasteiger partial charge in [0.05, 0.1) is 4.92 Å². The molecule has 1 aliphatic heterocycles. The number of nitrogens with zero attached hydrogens (tertiary/aromatic N) is 2. The van der Waals surface area contributed by atoms with E-state index in [9.17, 15) is 14.9 Å². The average Bonchev–Trinajstić information content (AvgIpc) is 2.74. The van der Waals surface area contributed by atoms with E-state index in [1.165, 1.54) is 18.9 Å². The number of carbonyl (C=O) groups is 1. The van der Waals surface area contributed by atoms with Crippen molar-refractivity contribution in [2.75, 3.05) is 36.8 Å². The minimum absolute atomic E-state index is 0.0833. The lowest BCUT2D eigenvalue weighted by Crippen LogP contribution is -2.34. The molecule has 1 amide bonds. The number of aryl methyl sites for hydroxylation is 2. The standard InChI is InChI=1S/C24H32N4O3/c1-17-9-13-27(14-10-17)12-4-11-25-22-8-6-20(16-23(22)28(30)31)24(29)26-21-7-5-18(2)15-19(21)3/h5-8,15-17,25H,4,9-14H2,1-3H3,(H,26,29). The van der Waals surface area contributed by atoms with Crippen LogP contribution in [0.2, 0.25) is 0 Å². The van der Waals surface area contributed by atoms with Crippen molar-refractivity contribution in [3.8, 4) is 0 Å². The van der Waals surface area contributed by atoms with Crippen LogP contribution in [0.1, 0.15) is 47.7 Å². The Bertz CT molecular complexity index is 936. The van der Waals surface area contributed by atoms with Crippen LogP contribution in [0.3, 0.4) is 0 Å². The van der Waals surface area contributed by atoms with Crippen molar-refractivity contribution in [1.82, 2.24) is 4.90 Å². The molecule has 0 spiro atoms. The maximum atomic E-state index is 12.6. The summed E-state index contributed by atoms with van der Waals surface area (Å²) in [4.78, 5) is 26.2. The van der Waals surface area contributed by atoms with Gasteiger partial charge in [-0.05, 0) is 82.4 Å². The zero-order valence-corrected chi connectivity index (χ0v) is 18.6. The molecule has 0 radical (unpaired) electrons. The number of hydrogen-bond acceptors (Lipinski definition) is 5. The van der Waals surface area contributed by atoms with Gasteiger partial charge in [0.2, 0.25) is 0 Å². The Morgan fingerprint density at radius 3 is 2.52 bits per heavy atom. The summed E-state index contributed by atoms with van der Waals surface area (Å²) in [6.45, 7) is 10.1. The molecular weight excluding hydrogens is 392 g/mol. The second-order valence-electron chi connectivity index (χ2n) is 8.57. The Kier molecular flexibility index (Phi) is 7.63. The predicted molar refractivity (Wildman–Crippen MR) is 125 cm³/mol. The summed E-state index contributed by atoms with van der Waals surface area (Å²) in [5.41, 5.74) is 3.38. The van der Waals surface area contributed by atoms with Gasteiger partial charge in [-0.3, -0.25) is 14.9 Å². The first kappa shape index (κ1) is 22.7. The highest BCUT2D eigenvalue weighted by atomic mass is 16.6. The molecule has 1 saturated heterocycles. The van der Waals surface area contributed by atoms with Crippen molar-refractivity contribution in [1.29, 1.82) is 0 Å². The first-order valence-corrected chi connectivity index (χ1v) is 11.0. The third kappa shape index (κ3) is 6.28. The van der Waals surface area contributed by atoms with Gasteiger partial charge in [0.25, 0.3) is 11.6 Å². The number of nitrogens with one attached hydrogen (secondary N) is 2. The van der Waals surface area contributed by atoms with E-state index in [2.05, 4.69) is 22.5 Å².